The number of thiophene rings is 1. The van der Waals surface area contributed by atoms with E-state index in [0.717, 1.165) is 0 Å². The van der Waals surface area contributed by atoms with Gasteiger partial charge >= 0.3 is 5.97 Å². The first-order valence-electron chi connectivity index (χ1n) is 5.33. The molecule has 17 heavy (non-hydrogen) atoms. The maximum atomic E-state index is 11.0. The summed E-state index contributed by atoms with van der Waals surface area (Å²) in [5.74, 6) is -0.159. The quantitative estimate of drug-likeness (QED) is 0.846. The molecule has 0 aliphatic carbocycles. The lowest BCUT2D eigenvalue weighted by Crippen LogP contribution is -2.26. The van der Waals surface area contributed by atoms with E-state index in [2.05, 4.69) is 17.5 Å². The second-order valence-corrected chi connectivity index (χ2v) is 6.50. The third-order valence-electron chi connectivity index (χ3n) is 2.61. The summed E-state index contributed by atoms with van der Waals surface area (Å²) in [7, 11) is 0. The minimum Gasteiger partial charge on any atom is -0.481 e. The van der Waals surface area contributed by atoms with Crippen LogP contribution in [0.2, 0.25) is 0 Å². The van der Waals surface area contributed by atoms with Crippen molar-refractivity contribution in [3.8, 4) is 0 Å². The second-order valence-electron chi connectivity index (χ2n) is 4.57. The van der Waals surface area contributed by atoms with Crippen LogP contribution in [0, 0.1) is 5.41 Å². The number of hydrogen-bond donors (Lipinski definition) is 1. The molecule has 0 fully saturated rings. The highest BCUT2D eigenvalue weighted by Crippen LogP contribution is 2.36. The lowest BCUT2D eigenvalue weighted by atomic mass is 9.97. The monoisotopic (exact) mass is 266 g/mol. The fraction of sp³-hybridized carbons (Fsp3) is 0.308. The summed E-state index contributed by atoms with van der Waals surface area (Å²) in [6, 6.07) is 8.21. The summed E-state index contributed by atoms with van der Waals surface area (Å²) in [5, 5.41) is 12.4. The van der Waals surface area contributed by atoms with Gasteiger partial charge in [-0.2, -0.15) is 0 Å². The smallest absolute Gasteiger partial charge is 0.309 e. The van der Waals surface area contributed by atoms with Crippen LogP contribution in [0.25, 0.3) is 10.1 Å². The van der Waals surface area contributed by atoms with Crippen molar-refractivity contribution in [2.45, 2.75) is 18.7 Å². The Hall–Kier alpha value is -1.00. The maximum Gasteiger partial charge on any atom is 0.309 e. The summed E-state index contributed by atoms with van der Waals surface area (Å²) in [4.78, 5) is 12.2. The van der Waals surface area contributed by atoms with Crippen LogP contribution in [0.3, 0.4) is 0 Å². The number of hydrogen-bond acceptors (Lipinski definition) is 3. The molecule has 0 saturated carbocycles. The molecule has 0 atom stereocenters. The zero-order chi connectivity index (χ0) is 12.5. The van der Waals surface area contributed by atoms with Gasteiger partial charge in [0.15, 0.2) is 0 Å². The minimum absolute atomic E-state index is 0.586. The van der Waals surface area contributed by atoms with Crippen molar-refractivity contribution in [2.75, 3.05) is 5.75 Å². The van der Waals surface area contributed by atoms with Gasteiger partial charge in [-0.15, -0.1) is 23.1 Å². The topological polar surface area (TPSA) is 37.3 Å². The molecular formula is C13H14O2S2. The number of fused-ring (bicyclic) bond motifs is 1. The molecule has 2 nitrogen and oxygen atoms in total. The molecule has 0 bridgehead atoms. The highest BCUT2D eigenvalue weighted by atomic mass is 32.2. The van der Waals surface area contributed by atoms with E-state index >= 15 is 0 Å². The Bertz CT molecular complexity index is 543. The minimum atomic E-state index is -0.746. The molecule has 1 N–H and O–H groups in total. The first kappa shape index (κ1) is 12.5. The molecule has 0 aliphatic rings. The Balaban J connectivity index is 2.17. The standard InChI is InChI=1S/C13H14O2S2/c1-13(2,12(14)15)8-17-11-7-16-10-6-4-3-5-9(10)11/h3-7H,8H2,1-2H3,(H,14,15). The summed E-state index contributed by atoms with van der Waals surface area (Å²) >= 11 is 3.33. The van der Waals surface area contributed by atoms with Crippen molar-refractivity contribution in [2.24, 2.45) is 5.41 Å². The molecule has 0 radical (unpaired) electrons. The van der Waals surface area contributed by atoms with Crippen molar-refractivity contribution in [3.05, 3.63) is 29.6 Å². The van der Waals surface area contributed by atoms with Crippen LogP contribution in [0.4, 0.5) is 0 Å². The number of carboxylic acids is 1. The molecule has 0 unspecified atom stereocenters. The molecule has 1 aromatic carbocycles. The first-order chi connectivity index (χ1) is 8.00. The molecule has 2 aromatic rings. The number of aliphatic carboxylic acids is 1. The molecule has 1 aromatic heterocycles. The van der Waals surface area contributed by atoms with Gasteiger partial charge in [-0.1, -0.05) is 18.2 Å². The van der Waals surface area contributed by atoms with Crippen LogP contribution in [0.1, 0.15) is 13.8 Å². The van der Waals surface area contributed by atoms with Crippen molar-refractivity contribution in [1.29, 1.82) is 0 Å². The first-order valence-corrected chi connectivity index (χ1v) is 7.20. The normalized spacial score (nSPS) is 11.9. The highest BCUT2D eigenvalue weighted by molar-refractivity contribution is 7.99. The highest BCUT2D eigenvalue weighted by Gasteiger charge is 2.27. The van der Waals surface area contributed by atoms with E-state index in [4.69, 9.17) is 5.11 Å². The lowest BCUT2D eigenvalue weighted by molar-refractivity contribution is -0.145. The SMILES string of the molecule is CC(C)(CSc1csc2ccccc12)C(=O)O. The Kier molecular flexibility index (Phi) is 3.45. The molecule has 0 amide bonds. The van der Waals surface area contributed by atoms with Crippen LogP contribution in [-0.4, -0.2) is 16.8 Å². The van der Waals surface area contributed by atoms with Crippen molar-refractivity contribution in [3.63, 3.8) is 0 Å². The van der Waals surface area contributed by atoms with E-state index in [1.165, 1.54) is 15.0 Å². The fourth-order valence-corrected chi connectivity index (χ4v) is 3.66. The summed E-state index contributed by atoms with van der Waals surface area (Å²) in [5.41, 5.74) is -0.687. The zero-order valence-electron chi connectivity index (χ0n) is 9.77. The van der Waals surface area contributed by atoms with Gasteiger partial charge in [-0.3, -0.25) is 4.79 Å². The van der Waals surface area contributed by atoms with Gasteiger partial charge in [0.2, 0.25) is 0 Å². The van der Waals surface area contributed by atoms with Gasteiger partial charge in [-0.25, -0.2) is 0 Å². The average molecular weight is 266 g/mol. The van der Waals surface area contributed by atoms with Crippen molar-refractivity contribution < 1.29 is 9.90 Å². The molecule has 4 heteroatoms. The summed E-state index contributed by atoms with van der Waals surface area (Å²) in [6.45, 7) is 3.52. The van der Waals surface area contributed by atoms with Crippen LogP contribution < -0.4 is 0 Å². The molecule has 0 spiro atoms. The molecule has 1 heterocycles. The number of carboxylic acid groups (broad SMARTS) is 1. The predicted molar refractivity (Wildman–Crippen MR) is 74.0 cm³/mol. The third-order valence-corrected chi connectivity index (χ3v) is 5.24. The van der Waals surface area contributed by atoms with E-state index in [1.54, 1.807) is 36.9 Å². The molecule has 0 aliphatic heterocycles. The number of carbonyl (C=O) groups is 1. The number of thioether (sulfide) groups is 1. The van der Waals surface area contributed by atoms with E-state index in [0.29, 0.717) is 5.75 Å². The fourth-order valence-electron chi connectivity index (χ4n) is 1.39. The maximum absolute atomic E-state index is 11.0. The largest absolute Gasteiger partial charge is 0.481 e. The van der Waals surface area contributed by atoms with Gasteiger partial charge in [0, 0.05) is 26.1 Å². The lowest BCUT2D eigenvalue weighted by Gasteiger charge is -2.17. The van der Waals surface area contributed by atoms with Crippen LogP contribution in [0.5, 0.6) is 0 Å². The van der Waals surface area contributed by atoms with Crippen LogP contribution in [-0.2, 0) is 4.79 Å². The van der Waals surface area contributed by atoms with Crippen molar-refractivity contribution in [1.82, 2.24) is 0 Å². The molecule has 90 valence electrons. The van der Waals surface area contributed by atoms with E-state index in [1.807, 2.05) is 12.1 Å². The van der Waals surface area contributed by atoms with E-state index in [-0.39, 0.29) is 0 Å². The van der Waals surface area contributed by atoms with Gasteiger partial charge in [0.05, 0.1) is 5.41 Å². The van der Waals surface area contributed by atoms with Crippen LogP contribution in [0.15, 0.2) is 34.5 Å². The van der Waals surface area contributed by atoms with E-state index < -0.39 is 11.4 Å². The van der Waals surface area contributed by atoms with Crippen LogP contribution >= 0.6 is 23.1 Å². The Labute approximate surface area is 109 Å². The number of rotatable bonds is 4. The number of benzene rings is 1. The predicted octanol–water partition coefficient (Wildman–Crippen LogP) is 4.10. The molecule has 2 rings (SSSR count). The second kappa shape index (κ2) is 4.70. The zero-order valence-corrected chi connectivity index (χ0v) is 11.4. The molecule has 0 saturated heterocycles. The summed E-state index contributed by atoms with van der Waals surface area (Å²) in [6.07, 6.45) is 0. The molecular weight excluding hydrogens is 252 g/mol. The van der Waals surface area contributed by atoms with Gasteiger partial charge in [-0.05, 0) is 19.9 Å². The van der Waals surface area contributed by atoms with Gasteiger partial charge < -0.3 is 5.11 Å². The van der Waals surface area contributed by atoms with E-state index in [9.17, 15) is 4.79 Å². The third kappa shape index (κ3) is 2.64. The Morgan fingerprint density at radius 1 is 1.41 bits per heavy atom. The Morgan fingerprint density at radius 2 is 2.12 bits per heavy atom. The van der Waals surface area contributed by atoms with Gasteiger partial charge in [0.1, 0.15) is 0 Å². The van der Waals surface area contributed by atoms with Gasteiger partial charge in [0.25, 0.3) is 0 Å². The van der Waals surface area contributed by atoms with Crippen molar-refractivity contribution >= 4 is 39.2 Å². The Morgan fingerprint density at radius 3 is 2.82 bits per heavy atom. The average Bonchev–Trinajstić information content (AvgIpc) is 2.69. The summed E-state index contributed by atoms with van der Waals surface area (Å²) < 4.78 is 1.25.